The van der Waals surface area contributed by atoms with E-state index < -0.39 is 19.0 Å². The summed E-state index contributed by atoms with van der Waals surface area (Å²) in [5.74, 6) is -0.185. The molecule has 176 valence electrons. The number of nitrogens with zero attached hydrogens (tertiary/aromatic N) is 1. The molecule has 4 rings (SSSR count). The molecule has 0 unspecified atom stereocenters. The first kappa shape index (κ1) is 23.2. The Kier molecular flexibility index (Phi) is 6.95. The summed E-state index contributed by atoms with van der Waals surface area (Å²) in [5, 5.41) is 10.3. The molecule has 6 nitrogen and oxygen atoms in total. The van der Waals surface area contributed by atoms with Gasteiger partial charge in [-0.15, -0.1) is 0 Å². The third-order valence-corrected chi connectivity index (χ3v) is 6.36. The van der Waals surface area contributed by atoms with Crippen LogP contribution in [-0.2, 0) is 11.3 Å². The summed E-state index contributed by atoms with van der Waals surface area (Å²) in [6.45, 7) is 2.71. The van der Waals surface area contributed by atoms with Crippen molar-refractivity contribution in [3.05, 3.63) is 64.8 Å². The Bertz CT molecular complexity index is 1110. The average molecular weight is 459 g/mol. The zero-order valence-corrected chi connectivity index (χ0v) is 18.7. The number of alkyl halides is 2. The fraction of sp³-hybridized carbons (Fsp3) is 0.400. The molecule has 1 aromatic heterocycles. The van der Waals surface area contributed by atoms with E-state index in [-0.39, 0.29) is 17.7 Å². The van der Waals surface area contributed by atoms with Crippen molar-refractivity contribution in [2.24, 2.45) is 0 Å². The van der Waals surface area contributed by atoms with Crippen molar-refractivity contribution in [2.45, 2.75) is 44.9 Å². The maximum atomic E-state index is 12.7. The molecular weight excluding hydrogens is 430 g/mol. The summed E-state index contributed by atoms with van der Waals surface area (Å²) < 4.78 is 36.6. The molecular formula is C25H28F2N2O4. The Morgan fingerprint density at radius 2 is 2.03 bits per heavy atom. The molecule has 2 heterocycles. The van der Waals surface area contributed by atoms with Crippen molar-refractivity contribution >= 4 is 16.9 Å². The molecule has 1 saturated heterocycles. The number of hydrogen-bond donors (Lipinski definition) is 2. The highest BCUT2D eigenvalue weighted by molar-refractivity contribution is 5.88. The van der Waals surface area contributed by atoms with E-state index in [1.54, 1.807) is 31.4 Å². The summed E-state index contributed by atoms with van der Waals surface area (Å²) in [6, 6.07) is 10.7. The zero-order valence-electron chi connectivity index (χ0n) is 18.7. The van der Waals surface area contributed by atoms with Crippen molar-refractivity contribution in [3.63, 3.8) is 0 Å². The minimum atomic E-state index is -2.50. The molecule has 2 N–H and O–H groups in total. The lowest BCUT2D eigenvalue weighted by Crippen LogP contribution is -2.40. The first-order chi connectivity index (χ1) is 15.9. The summed E-state index contributed by atoms with van der Waals surface area (Å²) in [7, 11) is 1.66. The average Bonchev–Trinajstić information content (AvgIpc) is 3.30. The van der Waals surface area contributed by atoms with E-state index in [9.17, 15) is 18.7 Å². The lowest BCUT2D eigenvalue weighted by atomic mass is 9.91. The van der Waals surface area contributed by atoms with Gasteiger partial charge >= 0.3 is 5.97 Å². The van der Waals surface area contributed by atoms with Crippen LogP contribution in [0.4, 0.5) is 8.78 Å². The van der Waals surface area contributed by atoms with Gasteiger partial charge in [-0.1, -0.05) is 12.1 Å². The third kappa shape index (κ3) is 5.02. The number of ether oxygens (including phenoxy) is 2. The fourth-order valence-electron chi connectivity index (χ4n) is 4.71. The molecule has 3 aromatic rings. The summed E-state index contributed by atoms with van der Waals surface area (Å²) in [5.41, 5.74) is 4.35. The van der Waals surface area contributed by atoms with Gasteiger partial charge in [-0.25, -0.2) is 13.6 Å². The van der Waals surface area contributed by atoms with Crippen LogP contribution in [0, 0.1) is 6.92 Å². The predicted octanol–water partition coefficient (Wildman–Crippen LogP) is 5.17. The minimum absolute atomic E-state index is 0.107. The number of aromatic nitrogens is 1. The molecule has 1 fully saturated rings. The monoisotopic (exact) mass is 458 g/mol. The first-order valence-electron chi connectivity index (χ1n) is 11.0. The molecule has 2 aromatic carbocycles. The highest BCUT2D eigenvalue weighted by Gasteiger charge is 2.32. The van der Waals surface area contributed by atoms with E-state index in [4.69, 9.17) is 9.47 Å². The second-order valence-corrected chi connectivity index (χ2v) is 8.42. The topological polar surface area (TPSA) is 74.8 Å². The van der Waals surface area contributed by atoms with Gasteiger partial charge in [0.05, 0.1) is 18.8 Å². The van der Waals surface area contributed by atoms with E-state index in [0.29, 0.717) is 25.9 Å². The highest BCUT2D eigenvalue weighted by atomic mass is 19.3. The molecule has 0 bridgehead atoms. The number of carboxylic acids is 1. The number of likely N-dealkylation sites (tertiary alicyclic amines) is 1. The van der Waals surface area contributed by atoms with Crippen molar-refractivity contribution in [1.29, 1.82) is 0 Å². The molecule has 0 spiro atoms. The summed E-state index contributed by atoms with van der Waals surface area (Å²) >= 11 is 0. The lowest BCUT2D eigenvalue weighted by molar-refractivity contribution is -0.0603. The normalized spacial score (nSPS) is 19.3. The maximum absolute atomic E-state index is 12.7. The molecule has 1 aliphatic rings. The number of aromatic carboxylic acids is 1. The number of aromatic amines is 1. The van der Waals surface area contributed by atoms with Gasteiger partial charge in [-0.05, 0) is 55.2 Å². The van der Waals surface area contributed by atoms with Crippen LogP contribution >= 0.6 is 0 Å². The van der Waals surface area contributed by atoms with E-state index in [2.05, 4.69) is 9.88 Å². The van der Waals surface area contributed by atoms with Crippen molar-refractivity contribution in [3.8, 4) is 5.75 Å². The second kappa shape index (κ2) is 9.89. The molecule has 0 aliphatic carbocycles. The van der Waals surface area contributed by atoms with Gasteiger partial charge in [0.15, 0.2) is 0 Å². The van der Waals surface area contributed by atoms with E-state index in [1.807, 2.05) is 25.3 Å². The van der Waals surface area contributed by atoms with Gasteiger partial charge in [-0.3, -0.25) is 4.90 Å². The number of H-pyrrole nitrogens is 1. The standard InChI is InChI=1S/C25H28F2N2O4/c1-15-11-22(32-2)20(19-7-9-28-24(15)19)13-29-10-8-18(33-14-23(26)27)12-21(29)16-3-5-17(6-4-16)25(30)31/h3-7,9,11,18,21,23,28H,8,10,12-14H2,1-2H3,(H,30,31)/t18-,21+/m0/s1. The van der Waals surface area contributed by atoms with Crippen LogP contribution in [0.1, 0.15) is 45.9 Å². The zero-order chi connectivity index (χ0) is 23.5. The SMILES string of the molecule is COc1cc(C)c2[nH]ccc2c1CN1CC[C@H](OCC(F)F)C[C@@H]1c1ccc(C(=O)O)cc1. The number of carbonyl (C=O) groups is 1. The smallest absolute Gasteiger partial charge is 0.335 e. The molecule has 0 amide bonds. The van der Waals surface area contributed by atoms with E-state index >= 15 is 0 Å². The van der Waals surface area contributed by atoms with Gasteiger partial charge in [0, 0.05) is 41.8 Å². The van der Waals surface area contributed by atoms with Crippen LogP contribution in [-0.4, -0.2) is 53.8 Å². The summed E-state index contributed by atoms with van der Waals surface area (Å²) in [6.07, 6.45) is 0.305. The number of halogens is 2. The van der Waals surface area contributed by atoms with Crippen LogP contribution < -0.4 is 4.74 Å². The van der Waals surface area contributed by atoms with Crippen LogP contribution in [0.25, 0.3) is 10.9 Å². The summed E-state index contributed by atoms with van der Waals surface area (Å²) in [4.78, 5) is 16.9. The van der Waals surface area contributed by atoms with E-state index in [0.717, 1.165) is 33.3 Å². The van der Waals surface area contributed by atoms with Crippen LogP contribution in [0.5, 0.6) is 5.75 Å². The largest absolute Gasteiger partial charge is 0.496 e. The van der Waals surface area contributed by atoms with E-state index in [1.165, 1.54) is 0 Å². The van der Waals surface area contributed by atoms with Crippen molar-refractivity contribution in [2.75, 3.05) is 20.3 Å². The number of carboxylic acid groups (broad SMARTS) is 1. The van der Waals surface area contributed by atoms with Gasteiger partial charge < -0.3 is 19.6 Å². The predicted molar refractivity (Wildman–Crippen MR) is 121 cm³/mol. The number of piperidine rings is 1. The number of aryl methyl sites for hydroxylation is 1. The van der Waals surface area contributed by atoms with Crippen molar-refractivity contribution < 1.29 is 28.2 Å². The van der Waals surface area contributed by atoms with Crippen LogP contribution in [0.3, 0.4) is 0 Å². The Morgan fingerprint density at radius 1 is 1.27 bits per heavy atom. The van der Waals surface area contributed by atoms with Gasteiger partial charge in [0.2, 0.25) is 0 Å². The van der Waals surface area contributed by atoms with Gasteiger partial charge in [0.25, 0.3) is 6.43 Å². The van der Waals surface area contributed by atoms with Crippen LogP contribution in [0.2, 0.25) is 0 Å². The number of nitrogens with one attached hydrogen (secondary N) is 1. The lowest BCUT2D eigenvalue weighted by Gasteiger charge is -2.40. The molecule has 0 saturated carbocycles. The third-order valence-electron chi connectivity index (χ3n) is 6.36. The first-order valence-corrected chi connectivity index (χ1v) is 11.0. The molecule has 1 aliphatic heterocycles. The molecule has 0 radical (unpaired) electrons. The number of benzene rings is 2. The second-order valence-electron chi connectivity index (χ2n) is 8.42. The maximum Gasteiger partial charge on any atom is 0.335 e. The fourth-order valence-corrected chi connectivity index (χ4v) is 4.71. The number of hydrogen-bond acceptors (Lipinski definition) is 4. The number of fused-ring (bicyclic) bond motifs is 1. The Hall–Kier alpha value is -2.97. The quantitative estimate of drug-likeness (QED) is 0.487. The Labute approximate surface area is 191 Å². The van der Waals surface area contributed by atoms with Crippen LogP contribution in [0.15, 0.2) is 42.6 Å². The van der Waals surface area contributed by atoms with Gasteiger partial charge in [0.1, 0.15) is 12.4 Å². The minimum Gasteiger partial charge on any atom is -0.496 e. The van der Waals surface area contributed by atoms with Gasteiger partial charge in [-0.2, -0.15) is 0 Å². The highest BCUT2D eigenvalue weighted by Crippen LogP contribution is 2.38. The Balaban J connectivity index is 1.66. The molecule has 2 atom stereocenters. The van der Waals surface area contributed by atoms with Crippen molar-refractivity contribution in [1.82, 2.24) is 9.88 Å². The molecule has 33 heavy (non-hydrogen) atoms. The molecule has 8 heteroatoms. The number of methoxy groups -OCH3 is 1. The Morgan fingerprint density at radius 3 is 2.70 bits per heavy atom. The number of rotatable bonds is 8.